The van der Waals surface area contributed by atoms with Gasteiger partial charge < -0.3 is 20.6 Å². The molecule has 8 heteroatoms. The molecule has 0 radical (unpaired) electrons. The number of aliphatic hydroxyl groups is 1. The zero-order valence-electron chi connectivity index (χ0n) is 35.5. The van der Waals surface area contributed by atoms with E-state index in [1.807, 2.05) is 30.4 Å². The van der Waals surface area contributed by atoms with Gasteiger partial charge in [0.25, 0.3) is 0 Å². The molecule has 2 aliphatic heterocycles. The number of benzene rings is 2. The van der Waals surface area contributed by atoms with Crippen molar-refractivity contribution in [2.45, 2.75) is 168 Å². The fraction of sp³-hybridized carbons (Fsp3) is 0.583. The number of hydrogen-bond donors (Lipinski definition) is 3. The summed E-state index contributed by atoms with van der Waals surface area (Å²) < 4.78 is 2.39. The maximum absolute atomic E-state index is 14.8. The highest BCUT2D eigenvalue weighted by Crippen LogP contribution is 2.51. The molecule has 3 N–H and O–H groups in total. The summed E-state index contributed by atoms with van der Waals surface area (Å²) in [7, 11) is 0. The van der Waals surface area contributed by atoms with Crippen LogP contribution in [-0.2, 0) is 25.2 Å². The van der Waals surface area contributed by atoms with Crippen molar-refractivity contribution in [2.75, 3.05) is 15.5 Å². The quantitative estimate of drug-likeness (QED) is 0.183. The van der Waals surface area contributed by atoms with Crippen LogP contribution in [0.5, 0.6) is 0 Å². The van der Waals surface area contributed by atoms with Gasteiger partial charge in [-0.15, -0.1) is 0 Å². The number of carbonyl (C=O) groups excluding carboxylic acids is 3. The number of allylic oxidation sites excluding steroid dienone is 2. The number of nitrogens with one attached hydrogen (secondary N) is 2. The number of nitrogens with zero attached hydrogens (tertiary/aromatic N) is 2. The van der Waals surface area contributed by atoms with Crippen molar-refractivity contribution in [3.8, 4) is 0 Å². The summed E-state index contributed by atoms with van der Waals surface area (Å²) in [6.45, 7) is 22.1. The van der Waals surface area contributed by atoms with Crippen LogP contribution in [0.15, 0.2) is 48.6 Å². The first kappa shape index (κ1) is 40.2. The van der Waals surface area contributed by atoms with Gasteiger partial charge in [0.2, 0.25) is 17.2 Å². The molecule has 2 aromatic rings. The van der Waals surface area contributed by atoms with Crippen molar-refractivity contribution >= 4 is 40.2 Å². The maximum Gasteiger partial charge on any atom is 0.248 e. The Hall–Kier alpha value is -4.04. The fourth-order valence-corrected chi connectivity index (χ4v) is 10.6. The number of fused-ring (bicyclic) bond motifs is 2. The minimum atomic E-state index is -1.14. The first-order valence-corrected chi connectivity index (χ1v) is 21.4. The van der Waals surface area contributed by atoms with Crippen LogP contribution >= 0.6 is 0 Å². The zero-order valence-corrected chi connectivity index (χ0v) is 35.5. The summed E-state index contributed by atoms with van der Waals surface area (Å²) in [6, 6.07) is 8.94. The van der Waals surface area contributed by atoms with E-state index in [2.05, 4.69) is 95.4 Å². The predicted molar refractivity (Wildman–Crippen MR) is 228 cm³/mol. The average Bonchev–Trinajstić information content (AvgIpc) is 3.92. The SMILES string of the molecule is CC(C)N1c2cc(NC(=O)/C=C/C3CCCC3)c(C3C(=O)/C(=c4/cc5c(cc4NC(=O)/C=C/C4CCCC4)=[N+](C(C)C)C(C)C5(C)C)C3O)cc2C(C)(C)C1C. The third-order valence-electron chi connectivity index (χ3n) is 14.4. The molecule has 2 amide bonds. The van der Waals surface area contributed by atoms with Crippen LogP contribution in [0.3, 0.4) is 0 Å². The van der Waals surface area contributed by atoms with Crippen molar-refractivity contribution in [2.24, 2.45) is 11.8 Å². The molecule has 7 rings (SSSR count). The van der Waals surface area contributed by atoms with Gasteiger partial charge in [-0.3, -0.25) is 14.4 Å². The van der Waals surface area contributed by atoms with Crippen molar-refractivity contribution < 1.29 is 19.5 Å². The van der Waals surface area contributed by atoms with E-state index in [-0.39, 0.29) is 52.6 Å². The number of aliphatic hydroxyl groups excluding tert-OH is 1. The Morgan fingerprint density at radius 3 is 1.88 bits per heavy atom. The molecule has 5 aliphatic rings. The Labute approximate surface area is 334 Å². The van der Waals surface area contributed by atoms with Gasteiger partial charge in [0, 0.05) is 51.3 Å². The standard InChI is InChI=1S/C48H64N4O4/c1-27(2)51-29(5)47(7,8)35-23-33(37(25-39(35)51)49-41(53)21-19-31-15-11-12-16-31)43-45(55)44(46(43)56)34-24-36-40(52(28(3)4)30(6)48(36,9)10)26-38(34)50-42(54)22-20-32-17-13-14-18-32/h19-32,43,45,55H,11-18H2,1-10H3,(H,49,53)/p+1/b21-19+,22-20+,44-34-. The lowest BCUT2D eigenvalue weighted by molar-refractivity contribution is -0.122. The van der Waals surface area contributed by atoms with Crippen molar-refractivity contribution in [1.82, 2.24) is 4.58 Å². The van der Waals surface area contributed by atoms with Crippen LogP contribution in [0.25, 0.3) is 5.57 Å². The second kappa shape index (κ2) is 15.0. The first-order chi connectivity index (χ1) is 26.4. The largest absolute Gasteiger partial charge is 0.387 e. The molecule has 0 aromatic heterocycles. The molecule has 3 fully saturated rings. The van der Waals surface area contributed by atoms with Crippen LogP contribution in [0, 0.1) is 11.8 Å². The Balaban J connectivity index is 1.34. The van der Waals surface area contributed by atoms with Crippen LogP contribution in [0.2, 0.25) is 0 Å². The van der Waals surface area contributed by atoms with Gasteiger partial charge >= 0.3 is 0 Å². The van der Waals surface area contributed by atoms with Crippen molar-refractivity contribution in [3.05, 3.63) is 75.8 Å². The number of rotatable bonds is 9. The summed E-state index contributed by atoms with van der Waals surface area (Å²) in [6.07, 6.45) is 15.3. The van der Waals surface area contributed by atoms with Gasteiger partial charge in [0.15, 0.2) is 11.8 Å². The van der Waals surface area contributed by atoms with Crippen molar-refractivity contribution in [3.63, 3.8) is 0 Å². The lowest BCUT2D eigenvalue weighted by Gasteiger charge is -2.36. The monoisotopic (exact) mass is 762 g/mol. The van der Waals surface area contributed by atoms with Gasteiger partial charge in [-0.25, -0.2) is 4.58 Å². The molecule has 3 saturated carbocycles. The lowest BCUT2D eigenvalue weighted by Crippen LogP contribution is -2.46. The van der Waals surface area contributed by atoms with Gasteiger partial charge in [0.05, 0.1) is 23.1 Å². The summed E-state index contributed by atoms with van der Waals surface area (Å²) >= 11 is 0. The molecule has 0 bridgehead atoms. The van der Waals surface area contributed by atoms with E-state index in [1.54, 1.807) is 12.2 Å². The van der Waals surface area contributed by atoms with Gasteiger partial charge in [-0.05, 0) is 128 Å². The smallest absolute Gasteiger partial charge is 0.248 e. The molecule has 0 saturated heterocycles. The number of anilines is 3. The second-order valence-electron chi connectivity index (χ2n) is 19.2. The fourth-order valence-electron chi connectivity index (χ4n) is 10.6. The molecule has 4 unspecified atom stereocenters. The van der Waals surface area contributed by atoms with Crippen molar-refractivity contribution in [1.29, 1.82) is 0 Å². The van der Waals surface area contributed by atoms with E-state index in [0.717, 1.165) is 47.9 Å². The Bertz CT molecular complexity index is 2110. The molecule has 0 spiro atoms. The van der Waals surface area contributed by atoms with Crippen LogP contribution in [0.4, 0.5) is 17.1 Å². The molecule has 56 heavy (non-hydrogen) atoms. The minimum absolute atomic E-state index is 0.176. The molecular weight excluding hydrogens is 697 g/mol. The van der Waals surface area contributed by atoms with Gasteiger partial charge in [0.1, 0.15) is 6.04 Å². The molecule has 3 aliphatic carbocycles. The van der Waals surface area contributed by atoms with Crippen LogP contribution < -0.4 is 30.7 Å². The topological polar surface area (TPSA) is 102 Å². The van der Waals surface area contributed by atoms with E-state index in [0.29, 0.717) is 39.6 Å². The zero-order chi connectivity index (χ0) is 40.4. The Kier molecular flexibility index (Phi) is 10.8. The molecule has 300 valence electrons. The highest BCUT2D eigenvalue weighted by molar-refractivity contribution is 6.28. The molecule has 4 atom stereocenters. The molecule has 2 aromatic carbocycles. The highest BCUT2D eigenvalue weighted by Gasteiger charge is 2.51. The summed E-state index contributed by atoms with van der Waals surface area (Å²) in [5, 5.41) is 20.2. The number of amides is 2. The number of carbonyl (C=O) groups is 3. The average molecular weight is 762 g/mol. The number of hydrogen-bond acceptors (Lipinski definition) is 5. The summed E-state index contributed by atoms with van der Waals surface area (Å²) in [5.74, 6) is -0.721. The van der Waals surface area contributed by atoms with E-state index in [9.17, 15) is 19.5 Å². The van der Waals surface area contributed by atoms with Crippen LogP contribution in [0.1, 0.15) is 143 Å². The Morgan fingerprint density at radius 2 is 1.36 bits per heavy atom. The Morgan fingerprint density at radius 1 is 0.804 bits per heavy atom. The van der Waals surface area contributed by atoms with E-state index in [4.69, 9.17) is 0 Å². The third kappa shape index (κ3) is 6.88. The normalized spacial score (nSPS) is 26.9. The number of Topliss-reactive ketones (excluding diaryl/α,β-unsaturated/α-hetero) is 1. The molecular formula is C48H65N4O4+. The van der Waals surface area contributed by atoms with Gasteiger partial charge in [-0.2, -0.15) is 0 Å². The predicted octanol–water partition coefficient (Wildman–Crippen LogP) is 7.41. The van der Waals surface area contributed by atoms with Crippen LogP contribution in [-0.4, -0.2) is 53.0 Å². The lowest BCUT2D eigenvalue weighted by atomic mass is 9.68. The van der Waals surface area contributed by atoms with E-state index >= 15 is 0 Å². The summed E-state index contributed by atoms with van der Waals surface area (Å²) in [5.41, 5.74) is 4.77. The van der Waals surface area contributed by atoms with E-state index in [1.165, 1.54) is 25.7 Å². The molecule has 8 nitrogen and oxygen atoms in total. The third-order valence-corrected chi connectivity index (χ3v) is 14.4. The van der Waals surface area contributed by atoms with E-state index < -0.39 is 12.0 Å². The first-order valence-electron chi connectivity index (χ1n) is 21.4. The summed E-state index contributed by atoms with van der Waals surface area (Å²) in [4.78, 5) is 44.3. The molecule has 2 heterocycles. The maximum atomic E-state index is 14.8. The highest BCUT2D eigenvalue weighted by atomic mass is 16.3. The second-order valence-corrected chi connectivity index (χ2v) is 19.2. The number of ketones is 1. The minimum Gasteiger partial charge on any atom is -0.387 e. The van der Waals surface area contributed by atoms with Gasteiger partial charge in [-0.1, -0.05) is 57.7 Å².